The van der Waals surface area contributed by atoms with Gasteiger partial charge in [-0.05, 0) is 45.0 Å². The minimum Gasteiger partial charge on any atom is -0.380 e. The summed E-state index contributed by atoms with van der Waals surface area (Å²) in [5.74, 6) is -1.41. The summed E-state index contributed by atoms with van der Waals surface area (Å²) in [6, 6.07) is 5.99. The maximum Gasteiger partial charge on any atom is 0.252 e. The standard InChI is InChI=1S/C21H28FN7O2/c1-4-29-18-7-6-14(8-13(18)10-25-29)26-20-15(19(24)30)9-16(22)21(28-20)27-17(12(3)23)11-31-5-2/h6-10,12,17H,4-5,11,23H2,1-3H3,(H2,24,30)(H2,26,27,28)/t12-,17+/m0/s1. The van der Waals surface area contributed by atoms with Crippen LogP contribution < -0.4 is 22.1 Å². The Labute approximate surface area is 180 Å². The molecule has 0 aliphatic carbocycles. The molecular formula is C21H28FN7O2. The van der Waals surface area contributed by atoms with Crippen LogP contribution in [-0.4, -0.2) is 46.0 Å². The Bertz CT molecular complexity index is 1070. The highest BCUT2D eigenvalue weighted by Crippen LogP contribution is 2.26. The van der Waals surface area contributed by atoms with E-state index in [0.29, 0.717) is 12.3 Å². The van der Waals surface area contributed by atoms with Crippen molar-refractivity contribution < 1.29 is 13.9 Å². The fourth-order valence-electron chi connectivity index (χ4n) is 3.17. The molecule has 2 heterocycles. The number of rotatable bonds is 10. The predicted octanol–water partition coefficient (Wildman–Crippen LogP) is 2.60. The number of carbonyl (C=O) groups excluding carboxylic acids is 1. The molecule has 0 bridgehead atoms. The smallest absolute Gasteiger partial charge is 0.252 e. The minimum atomic E-state index is -0.793. The second-order valence-corrected chi connectivity index (χ2v) is 7.21. The van der Waals surface area contributed by atoms with Crippen molar-refractivity contribution in [3.05, 3.63) is 41.8 Å². The van der Waals surface area contributed by atoms with Gasteiger partial charge in [0, 0.05) is 30.3 Å². The Morgan fingerprint density at radius 3 is 2.71 bits per heavy atom. The molecule has 1 aromatic carbocycles. The van der Waals surface area contributed by atoms with Gasteiger partial charge in [0.2, 0.25) is 0 Å². The quantitative estimate of drug-likeness (QED) is 0.389. The molecule has 0 radical (unpaired) electrons. The summed E-state index contributed by atoms with van der Waals surface area (Å²) >= 11 is 0. The van der Waals surface area contributed by atoms with Gasteiger partial charge >= 0.3 is 0 Å². The topological polar surface area (TPSA) is 133 Å². The number of benzene rings is 1. The van der Waals surface area contributed by atoms with Crippen LogP contribution in [0, 0.1) is 5.82 Å². The second-order valence-electron chi connectivity index (χ2n) is 7.21. The molecule has 0 spiro atoms. The van der Waals surface area contributed by atoms with Gasteiger partial charge in [-0.3, -0.25) is 9.48 Å². The highest BCUT2D eigenvalue weighted by molar-refractivity contribution is 5.99. The first-order valence-electron chi connectivity index (χ1n) is 10.2. The molecule has 0 saturated heterocycles. The van der Waals surface area contributed by atoms with E-state index in [0.717, 1.165) is 23.5 Å². The third-order valence-electron chi connectivity index (χ3n) is 4.90. The molecule has 0 aliphatic rings. The number of hydrogen-bond acceptors (Lipinski definition) is 7. The van der Waals surface area contributed by atoms with Gasteiger partial charge in [0.25, 0.3) is 5.91 Å². The van der Waals surface area contributed by atoms with Crippen molar-refractivity contribution >= 4 is 34.1 Å². The summed E-state index contributed by atoms with van der Waals surface area (Å²) in [7, 11) is 0. The third kappa shape index (κ3) is 5.09. The van der Waals surface area contributed by atoms with Crippen LogP contribution in [0.1, 0.15) is 31.1 Å². The number of fused-ring (bicyclic) bond motifs is 1. The van der Waals surface area contributed by atoms with E-state index in [1.165, 1.54) is 0 Å². The number of halogens is 1. The molecule has 0 unspecified atom stereocenters. The molecule has 166 valence electrons. The lowest BCUT2D eigenvalue weighted by Crippen LogP contribution is -2.42. The van der Waals surface area contributed by atoms with Crippen LogP contribution >= 0.6 is 0 Å². The lowest BCUT2D eigenvalue weighted by atomic mass is 10.1. The Morgan fingerprint density at radius 2 is 2.06 bits per heavy atom. The maximum atomic E-state index is 14.7. The van der Waals surface area contributed by atoms with Gasteiger partial charge in [-0.25, -0.2) is 9.37 Å². The van der Waals surface area contributed by atoms with E-state index in [1.807, 2.05) is 36.7 Å². The summed E-state index contributed by atoms with van der Waals surface area (Å²) in [6.07, 6.45) is 1.76. The highest BCUT2D eigenvalue weighted by Gasteiger charge is 2.20. The van der Waals surface area contributed by atoms with Crippen molar-refractivity contribution in [2.75, 3.05) is 23.8 Å². The zero-order valence-electron chi connectivity index (χ0n) is 17.9. The first-order valence-corrected chi connectivity index (χ1v) is 10.2. The molecule has 6 N–H and O–H groups in total. The van der Waals surface area contributed by atoms with E-state index in [9.17, 15) is 9.18 Å². The highest BCUT2D eigenvalue weighted by atomic mass is 19.1. The molecule has 1 amide bonds. The molecule has 10 heteroatoms. The van der Waals surface area contributed by atoms with Crippen LogP contribution in [0.2, 0.25) is 0 Å². The average molecular weight is 430 g/mol. The van der Waals surface area contributed by atoms with Crippen LogP contribution in [0.25, 0.3) is 10.9 Å². The normalized spacial score (nSPS) is 13.2. The number of aryl methyl sites for hydroxylation is 1. The van der Waals surface area contributed by atoms with Crippen molar-refractivity contribution in [2.24, 2.45) is 11.5 Å². The van der Waals surface area contributed by atoms with Crippen molar-refractivity contribution in [2.45, 2.75) is 39.4 Å². The van der Waals surface area contributed by atoms with Crippen molar-refractivity contribution in [1.82, 2.24) is 14.8 Å². The lowest BCUT2D eigenvalue weighted by molar-refractivity contribution is 0.100. The second kappa shape index (κ2) is 9.71. The molecule has 2 aromatic heterocycles. The summed E-state index contributed by atoms with van der Waals surface area (Å²) in [6.45, 7) is 7.20. The Morgan fingerprint density at radius 1 is 1.29 bits per heavy atom. The summed E-state index contributed by atoms with van der Waals surface area (Å²) < 4.78 is 22.0. The van der Waals surface area contributed by atoms with Gasteiger partial charge in [0.05, 0.1) is 29.9 Å². The van der Waals surface area contributed by atoms with Crippen LogP contribution in [-0.2, 0) is 11.3 Å². The van der Waals surface area contributed by atoms with E-state index >= 15 is 0 Å². The largest absolute Gasteiger partial charge is 0.380 e. The van der Waals surface area contributed by atoms with Crippen molar-refractivity contribution in [3.63, 3.8) is 0 Å². The number of nitrogens with zero attached hydrogens (tertiary/aromatic N) is 3. The molecule has 9 nitrogen and oxygen atoms in total. The fourth-order valence-corrected chi connectivity index (χ4v) is 3.17. The first-order chi connectivity index (χ1) is 14.8. The number of pyridine rings is 1. The van der Waals surface area contributed by atoms with Crippen molar-refractivity contribution in [1.29, 1.82) is 0 Å². The number of hydrogen-bond donors (Lipinski definition) is 4. The summed E-state index contributed by atoms with van der Waals surface area (Å²) in [5, 5.41) is 11.3. The molecule has 0 saturated carbocycles. The summed E-state index contributed by atoms with van der Waals surface area (Å²) in [4.78, 5) is 16.2. The van der Waals surface area contributed by atoms with Gasteiger partial charge in [0.1, 0.15) is 5.82 Å². The minimum absolute atomic E-state index is 0.0469. The Kier molecular flexibility index (Phi) is 7.03. The Balaban J connectivity index is 1.94. The number of nitrogens with one attached hydrogen (secondary N) is 2. The number of anilines is 3. The zero-order valence-corrected chi connectivity index (χ0v) is 17.9. The number of amides is 1. The Hall–Kier alpha value is -3.24. The predicted molar refractivity (Wildman–Crippen MR) is 119 cm³/mol. The van der Waals surface area contributed by atoms with E-state index < -0.39 is 11.7 Å². The van der Waals surface area contributed by atoms with E-state index in [4.69, 9.17) is 16.2 Å². The zero-order chi connectivity index (χ0) is 22.5. The van der Waals surface area contributed by atoms with Gasteiger partial charge in [-0.2, -0.15) is 5.10 Å². The number of carbonyl (C=O) groups is 1. The maximum absolute atomic E-state index is 14.7. The molecule has 3 rings (SSSR count). The van der Waals surface area contributed by atoms with Crippen molar-refractivity contribution in [3.8, 4) is 0 Å². The van der Waals surface area contributed by atoms with E-state index in [-0.39, 0.29) is 35.9 Å². The fraction of sp³-hybridized carbons (Fsp3) is 0.381. The van der Waals surface area contributed by atoms with Gasteiger partial charge < -0.3 is 26.8 Å². The summed E-state index contributed by atoms with van der Waals surface area (Å²) in [5.41, 5.74) is 13.0. The van der Waals surface area contributed by atoms with Gasteiger partial charge in [-0.1, -0.05) is 0 Å². The molecule has 31 heavy (non-hydrogen) atoms. The van der Waals surface area contributed by atoms with E-state index in [1.54, 1.807) is 13.1 Å². The SMILES string of the molecule is CCOC[C@@H](Nc1nc(Nc2ccc3c(cnn3CC)c2)c(C(N)=O)cc1F)[C@H](C)N. The van der Waals surface area contributed by atoms with Crippen LogP contribution in [0.3, 0.4) is 0 Å². The molecule has 0 fully saturated rings. The van der Waals surface area contributed by atoms with Crippen LogP contribution in [0.15, 0.2) is 30.5 Å². The third-order valence-corrected chi connectivity index (χ3v) is 4.90. The molecule has 3 aromatic rings. The molecule has 0 aliphatic heterocycles. The molecule has 2 atom stereocenters. The van der Waals surface area contributed by atoms with Crippen LogP contribution in [0.4, 0.5) is 21.7 Å². The number of aromatic nitrogens is 3. The number of ether oxygens (including phenoxy) is 1. The number of nitrogens with two attached hydrogens (primary N) is 2. The van der Waals surface area contributed by atoms with E-state index in [2.05, 4.69) is 20.7 Å². The number of primary amides is 1. The van der Waals surface area contributed by atoms with Gasteiger partial charge in [-0.15, -0.1) is 0 Å². The first kappa shape index (κ1) is 22.4. The monoisotopic (exact) mass is 429 g/mol. The molecular weight excluding hydrogens is 401 g/mol. The van der Waals surface area contributed by atoms with Gasteiger partial charge in [0.15, 0.2) is 11.6 Å². The average Bonchev–Trinajstić information content (AvgIpc) is 3.14. The van der Waals surface area contributed by atoms with Crippen LogP contribution in [0.5, 0.6) is 0 Å². The lowest BCUT2D eigenvalue weighted by Gasteiger charge is -2.23.